The van der Waals surface area contributed by atoms with Crippen molar-refractivity contribution in [2.45, 2.75) is 19.4 Å². The molecule has 2 aromatic carbocycles. The summed E-state index contributed by atoms with van der Waals surface area (Å²) in [5, 5.41) is 0.598. The third-order valence-corrected chi connectivity index (χ3v) is 4.73. The van der Waals surface area contributed by atoms with Crippen molar-refractivity contribution in [3.05, 3.63) is 58.6 Å². The Bertz CT molecular complexity index is 820. The minimum atomic E-state index is -0.105. The smallest absolute Gasteiger partial charge is 0.253 e. The quantitative estimate of drug-likeness (QED) is 0.803. The first kappa shape index (κ1) is 18.3. The molecule has 0 bridgehead atoms. The highest BCUT2D eigenvalue weighted by Gasteiger charge is 2.22. The minimum Gasteiger partial charge on any atom is -0.496 e. The predicted octanol–water partition coefficient (Wildman–Crippen LogP) is 3.75. The van der Waals surface area contributed by atoms with E-state index in [9.17, 15) is 9.59 Å². The van der Waals surface area contributed by atoms with E-state index in [1.54, 1.807) is 54.3 Å². The van der Waals surface area contributed by atoms with Crippen LogP contribution in [0.5, 0.6) is 5.75 Å². The molecule has 0 spiro atoms. The van der Waals surface area contributed by atoms with Crippen molar-refractivity contribution in [1.82, 2.24) is 4.90 Å². The number of carbonyl (C=O) groups excluding carboxylic acids is 2. The molecule has 1 fully saturated rings. The van der Waals surface area contributed by atoms with Gasteiger partial charge in [-0.05, 0) is 48.9 Å². The number of halogens is 1. The zero-order valence-electron chi connectivity index (χ0n) is 14.9. The summed E-state index contributed by atoms with van der Waals surface area (Å²) in [6, 6.07) is 12.5. The number of benzene rings is 2. The van der Waals surface area contributed by atoms with E-state index < -0.39 is 0 Å². The van der Waals surface area contributed by atoms with Gasteiger partial charge in [-0.3, -0.25) is 9.59 Å². The van der Waals surface area contributed by atoms with Gasteiger partial charge >= 0.3 is 0 Å². The molecule has 0 aromatic heterocycles. The second-order valence-corrected chi connectivity index (χ2v) is 6.75. The van der Waals surface area contributed by atoms with Gasteiger partial charge in [-0.15, -0.1) is 0 Å². The van der Waals surface area contributed by atoms with Gasteiger partial charge in [-0.1, -0.05) is 11.6 Å². The summed E-state index contributed by atoms with van der Waals surface area (Å²) in [6.07, 6.45) is 1.47. The Morgan fingerprint density at radius 1 is 1.23 bits per heavy atom. The number of rotatable bonds is 5. The average molecular weight is 373 g/mol. The van der Waals surface area contributed by atoms with Gasteiger partial charge in [0.2, 0.25) is 5.91 Å². The average Bonchev–Trinajstić information content (AvgIpc) is 3.07. The van der Waals surface area contributed by atoms with Crippen LogP contribution < -0.4 is 9.64 Å². The van der Waals surface area contributed by atoms with Crippen LogP contribution >= 0.6 is 11.6 Å². The number of methoxy groups -OCH3 is 1. The van der Waals surface area contributed by atoms with Crippen LogP contribution in [-0.4, -0.2) is 37.4 Å². The van der Waals surface area contributed by atoms with E-state index in [-0.39, 0.29) is 11.8 Å². The molecule has 2 aromatic rings. The Hall–Kier alpha value is -2.53. The Balaban J connectivity index is 1.72. The van der Waals surface area contributed by atoms with Gasteiger partial charge in [0.25, 0.3) is 5.91 Å². The van der Waals surface area contributed by atoms with Crippen molar-refractivity contribution < 1.29 is 14.3 Å². The van der Waals surface area contributed by atoms with E-state index in [0.717, 1.165) is 24.2 Å². The first-order valence-electron chi connectivity index (χ1n) is 8.48. The standard InChI is InChI=1S/C20H21ClN2O3/c1-22(13-15-12-16(21)7-10-18(15)26-2)20(25)14-5-8-17(9-6-14)23-11-3-4-19(23)24/h5-10,12H,3-4,11,13H2,1-2H3. The third-order valence-electron chi connectivity index (χ3n) is 4.50. The molecule has 1 heterocycles. The molecule has 0 atom stereocenters. The zero-order chi connectivity index (χ0) is 18.7. The normalized spacial score (nSPS) is 13.8. The third kappa shape index (κ3) is 3.83. The lowest BCUT2D eigenvalue weighted by molar-refractivity contribution is -0.117. The molecule has 0 unspecified atom stereocenters. The van der Waals surface area contributed by atoms with Crippen molar-refractivity contribution in [3.8, 4) is 5.75 Å². The largest absolute Gasteiger partial charge is 0.496 e. The fourth-order valence-electron chi connectivity index (χ4n) is 3.12. The minimum absolute atomic E-state index is 0.105. The Morgan fingerprint density at radius 3 is 2.58 bits per heavy atom. The summed E-state index contributed by atoms with van der Waals surface area (Å²) in [5.41, 5.74) is 2.25. The van der Waals surface area contributed by atoms with Crippen molar-refractivity contribution >= 4 is 29.1 Å². The fourth-order valence-corrected chi connectivity index (χ4v) is 3.32. The summed E-state index contributed by atoms with van der Waals surface area (Å²) in [4.78, 5) is 27.9. The molecule has 3 rings (SSSR count). The summed E-state index contributed by atoms with van der Waals surface area (Å²) in [5.74, 6) is 0.720. The number of hydrogen-bond donors (Lipinski definition) is 0. The highest BCUT2D eigenvalue weighted by molar-refractivity contribution is 6.30. The van der Waals surface area contributed by atoms with Gasteiger partial charge in [0.1, 0.15) is 5.75 Å². The number of anilines is 1. The van der Waals surface area contributed by atoms with E-state index >= 15 is 0 Å². The highest BCUT2D eigenvalue weighted by atomic mass is 35.5. The van der Waals surface area contributed by atoms with Gasteiger partial charge in [-0.2, -0.15) is 0 Å². The molecular weight excluding hydrogens is 352 g/mol. The zero-order valence-corrected chi connectivity index (χ0v) is 15.6. The van der Waals surface area contributed by atoms with Crippen LogP contribution in [0.2, 0.25) is 5.02 Å². The predicted molar refractivity (Wildman–Crippen MR) is 102 cm³/mol. The van der Waals surface area contributed by atoms with Crippen molar-refractivity contribution in [2.75, 3.05) is 25.6 Å². The molecule has 0 aliphatic carbocycles. The summed E-state index contributed by atoms with van der Waals surface area (Å²) in [7, 11) is 3.33. The maximum absolute atomic E-state index is 12.7. The van der Waals surface area contributed by atoms with Gasteiger partial charge < -0.3 is 14.5 Å². The Kier molecular flexibility index (Phi) is 5.47. The molecule has 5 nitrogen and oxygen atoms in total. The van der Waals surface area contributed by atoms with Crippen molar-refractivity contribution in [2.24, 2.45) is 0 Å². The lowest BCUT2D eigenvalue weighted by Gasteiger charge is -2.20. The SMILES string of the molecule is COc1ccc(Cl)cc1CN(C)C(=O)c1ccc(N2CCCC2=O)cc1. The van der Waals surface area contributed by atoms with E-state index in [4.69, 9.17) is 16.3 Å². The van der Waals surface area contributed by atoms with Gasteiger partial charge in [0.15, 0.2) is 0 Å². The maximum Gasteiger partial charge on any atom is 0.253 e. The summed E-state index contributed by atoms with van der Waals surface area (Å²) < 4.78 is 5.34. The second kappa shape index (κ2) is 7.79. The molecule has 1 aliphatic rings. The number of nitrogens with zero attached hydrogens (tertiary/aromatic N) is 2. The lowest BCUT2D eigenvalue weighted by Crippen LogP contribution is -2.27. The summed E-state index contributed by atoms with van der Waals surface area (Å²) >= 11 is 6.05. The van der Waals surface area contributed by atoms with Gasteiger partial charge in [0.05, 0.1) is 7.11 Å². The van der Waals surface area contributed by atoms with Gasteiger partial charge in [0, 0.05) is 48.4 Å². The number of hydrogen-bond acceptors (Lipinski definition) is 3. The van der Waals surface area contributed by atoms with E-state index in [1.165, 1.54) is 0 Å². The molecule has 26 heavy (non-hydrogen) atoms. The Labute approximate surface area is 158 Å². The first-order valence-corrected chi connectivity index (χ1v) is 8.85. The fraction of sp³-hybridized carbons (Fsp3) is 0.300. The van der Waals surface area contributed by atoms with Crippen molar-refractivity contribution in [1.29, 1.82) is 0 Å². The van der Waals surface area contributed by atoms with Crippen LogP contribution in [0.4, 0.5) is 5.69 Å². The number of amides is 2. The molecule has 0 saturated carbocycles. The first-order chi connectivity index (χ1) is 12.5. The van der Waals surface area contributed by atoms with E-state index in [2.05, 4.69) is 0 Å². The molecular formula is C20H21ClN2O3. The molecule has 6 heteroatoms. The molecule has 136 valence electrons. The molecule has 0 radical (unpaired) electrons. The van der Waals surface area contributed by atoms with E-state index in [0.29, 0.717) is 29.3 Å². The highest BCUT2D eigenvalue weighted by Crippen LogP contribution is 2.25. The molecule has 1 aliphatic heterocycles. The molecule has 2 amide bonds. The van der Waals surface area contributed by atoms with Crippen LogP contribution in [0.25, 0.3) is 0 Å². The van der Waals surface area contributed by atoms with Crippen LogP contribution in [0.3, 0.4) is 0 Å². The number of carbonyl (C=O) groups is 2. The van der Waals surface area contributed by atoms with Crippen LogP contribution in [-0.2, 0) is 11.3 Å². The topological polar surface area (TPSA) is 49.9 Å². The monoisotopic (exact) mass is 372 g/mol. The lowest BCUT2D eigenvalue weighted by atomic mass is 10.1. The summed E-state index contributed by atoms with van der Waals surface area (Å²) in [6.45, 7) is 1.12. The molecule has 0 N–H and O–H groups in total. The number of ether oxygens (including phenoxy) is 1. The van der Waals surface area contributed by atoms with Crippen LogP contribution in [0, 0.1) is 0 Å². The second-order valence-electron chi connectivity index (χ2n) is 6.31. The van der Waals surface area contributed by atoms with E-state index in [1.807, 2.05) is 12.1 Å². The Morgan fingerprint density at radius 2 is 1.96 bits per heavy atom. The maximum atomic E-state index is 12.7. The molecule has 1 saturated heterocycles. The van der Waals surface area contributed by atoms with Crippen LogP contribution in [0.1, 0.15) is 28.8 Å². The van der Waals surface area contributed by atoms with Gasteiger partial charge in [-0.25, -0.2) is 0 Å². The van der Waals surface area contributed by atoms with Crippen molar-refractivity contribution in [3.63, 3.8) is 0 Å². The van der Waals surface area contributed by atoms with Crippen LogP contribution in [0.15, 0.2) is 42.5 Å².